The van der Waals surface area contributed by atoms with E-state index in [1.165, 1.54) is 0 Å². The summed E-state index contributed by atoms with van der Waals surface area (Å²) < 4.78 is 0. The predicted octanol–water partition coefficient (Wildman–Crippen LogP) is 3.54. The maximum atomic E-state index is 12.0. The van der Waals surface area contributed by atoms with Gasteiger partial charge in [-0.3, -0.25) is 10.0 Å². The maximum absolute atomic E-state index is 12.0. The Labute approximate surface area is 131 Å². The number of benzene rings is 2. The number of amides is 1. The lowest BCUT2D eigenvalue weighted by molar-refractivity contribution is -0.129. The highest BCUT2D eigenvalue weighted by molar-refractivity contribution is 5.86. The smallest absolute Gasteiger partial charge is 0.255 e. The molecule has 0 aromatic heterocycles. The molecule has 22 heavy (non-hydrogen) atoms. The molecule has 0 heterocycles. The first kappa shape index (κ1) is 16.0. The molecule has 2 rings (SSSR count). The van der Waals surface area contributed by atoms with Crippen LogP contribution < -0.4 is 10.8 Å². The molecule has 0 spiro atoms. The fourth-order valence-electron chi connectivity index (χ4n) is 2.41. The number of hydrogen-bond donors (Lipinski definition) is 3. The van der Waals surface area contributed by atoms with Gasteiger partial charge in [0.25, 0.3) is 5.91 Å². The van der Waals surface area contributed by atoms with Gasteiger partial charge in [-0.1, -0.05) is 55.8 Å². The van der Waals surface area contributed by atoms with Gasteiger partial charge in [-0.2, -0.15) is 0 Å². The van der Waals surface area contributed by atoms with E-state index in [1.54, 1.807) is 5.48 Å². The van der Waals surface area contributed by atoms with E-state index in [-0.39, 0.29) is 0 Å². The lowest BCUT2D eigenvalue weighted by Crippen LogP contribution is -2.27. The minimum Gasteiger partial charge on any atom is -0.385 e. The van der Waals surface area contributed by atoms with Gasteiger partial charge in [-0.15, -0.1) is 0 Å². The summed E-state index contributed by atoms with van der Waals surface area (Å²) in [5.74, 6) is -0.950. The molecule has 4 nitrogen and oxygen atoms in total. The maximum Gasteiger partial charge on any atom is 0.255 e. The van der Waals surface area contributed by atoms with Crippen molar-refractivity contribution in [2.24, 2.45) is 0 Å². The molecule has 0 saturated carbocycles. The number of nitrogens with one attached hydrogen (secondary N) is 2. The highest BCUT2D eigenvalue weighted by Gasteiger charge is 2.22. The number of hydroxylamine groups is 1. The van der Waals surface area contributed by atoms with Crippen molar-refractivity contribution < 1.29 is 10.0 Å². The van der Waals surface area contributed by atoms with Crippen LogP contribution in [0.1, 0.15) is 36.8 Å². The molecule has 1 atom stereocenters. The summed E-state index contributed by atoms with van der Waals surface area (Å²) in [7, 11) is 0. The Morgan fingerprint density at radius 2 is 1.68 bits per heavy atom. The highest BCUT2D eigenvalue weighted by atomic mass is 16.5. The molecule has 0 saturated heterocycles. The van der Waals surface area contributed by atoms with Crippen LogP contribution in [0.3, 0.4) is 0 Å². The Hall–Kier alpha value is -2.33. The van der Waals surface area contributed by atoms with Gasteiger partial charge in [0.15, 0.2) is 0 Å². The van der Waals surface area contributed by atoms with E-state index < -0.39 is 11.8 Å². The number of carbonyl (C=O) groups is 1. The number of unbranched alkanes of at least 4 members (excludes halogenated alkanes) is 1. The zero-order valence-electron chi connectivity index (χ0n) is 12.8. The molecule has 2 aromatic rings. The second kappa shape index (κ2) is 8.20. The van der Waals surface area contributed by atoms with Gasteiger partial charge in [0, 0.05) is 12.2 Å². The minimum absolute atomic E-state index is 0.433. The van der Waals surface area contributed by atoms with E-state index in [2.05, 4.69) is 12.2 Å². The van der Waals surface area contributed by atoms with Crippen LogP contribution in [-0.2, 0) is 4.79 Å². The summed E-state index contributed by atoms with van der Waals surface area (Å²) in [5.41, 5.74) is 4.49. The second-order valence-electron chi connectivity index (χ2n) is 5.22. The summed E-state index contributed by atoms with van der Waals surface area (Å²) in [6, 6.07) is 17.2. The van der Waals surface area contributed by atoms with Gasteiger partial charge < -0.3 is 5.32 Å². The lowest BCUT2D eigenvalue weighted by Gasteiger charge is -2.16. The SMILES string of the molecule is CCCCNc1ccc(C(C(=O)NO)c2ccccc2)cc1. The molecule has 1 amide bonds. The Bertz CT molecular complexity index is 582. The van der Waals surface area contributed by atoms with Crippen molar-refractivity contribution in [2.75, 3.05) is 11.9 Å². The standard InChI is InChI=1S/C18H22N2O2/c1-2-3-13-19-16-11-9-15(10-12-16)17(18(21)20-22)14-7-5-4-6-8-14/h4-12,17,19,22H,2-3,13H2,1H3,(H,20,21). The molecule has 0 aliphatic heterocycles. The topological polar surface area (TPSA) is 61.4 Å². The Kier molecular flexibility index (Phi) is 5.98. The Morgan fingerprint density at radius 1 is 1.05 bits per heavy atom. The average molecular weight is 298 g/mol. The molecule has 1 unspecified atom stereocenters. The van der Waals surface area contributed by atoms with Gasteiger partial charge in [-0.05, 0) is 29.7 Å². The largest absolute Gasteiger partial charge is 0.385 e. The van der Waals surface area contributed by atoms with Crippen LogP contribution in [0, 0.1) is 0 Å². The third-order valence-corrected chi connectivity index (χ3v) is 3.61. The van der Waals surface area contributed by atoms with E-state index in [9.17, 15) is 4.79 Å². The first-order chi connectivity index (χ1) is 10.8. The predicted molar refractivity (Wildman–Crippen MR) is 88.1 cm³/mol. The lowest BCUT2D eigenvalue weighted by atomic mass is 9.90. The van der Waals surface area contributed by atoms with Gasteiger partial charge in [-0.25, -0.2) is 5.48 Å². The second-order valence-corrected chi connectivity index (χ2v) is 5.22. The first-order valence-electron chi connectivity index (χ1n) is 7.59. The van der Waals surface area contributed by atoms with Crippen molar-refractivity contribution in [3.63, 3.8) is 0 Å². The Morgan fingerprint density at radius 3 is 2.27 bits per heavy atom. The molecule has 0 bridgehead atoms. The van der Waals surface area contributed by atoms with Crippen molar-refractivity contribution in [2.45, 2.75) is 25.7 Å². The summed E-state index contributed by atoms with van der Waals surface area (Å²) in [6.45, 7) is 3.10. The fourth-order valence-corrected chi connectivity index (χ4v) is 2.41. The number of hydrogen-bond acceptors (Lipinski definition) is 3. The van der Waals surface area contributed by atoms with Crippen LogP contribution in [-0.4, -0.2) is 17.7 Å². The molecule has 0 aliphatic carbocycles. The van der Waals surface area contributed by atoms with Crippen molar-refractivity contribution in [1.82, 2.24) is 5.48 Å². The molecular formula is C18H22N2O2. The number of rotatable bonds is 7. The molecule has 3 N–H and O–H groups in total. The summed E-state index contributed by atoms with van der Waals surface area (Å²) >= 11 is 0. The van der Waals surface area contributed by atoms with Crippen LogP contribution in [0.15, 0.2) is 54.6 Å². The quantitative estimate of drug-likeness (QED) is 0.416. The molecule has 2 aromatic carbocycles. The third kappa shape index (κ3) is 4.09. The van der Waals surface area contributed by atoms with Gasteiger partial charge >= 0.3 is 0 Å². The van der Waals surface area contributed by atoms with Gasteiger partial charge in [0.1, 0.15) is 0 Å². The Balaban J connectivity index is 2.20. The zero-order valence-corrected chi connectivity index (χ0v) is 12.8. The molecule has 116 valence electrons. The van der Waals surface area contributed by atoms with Crippen LogP contribution in [0.2, 0.25) is 0 Å². The normalized spacial score (nSPS) is 11.7. The van der Waals surface area contributed by atoms with Crippen molar-refractivity contribution in [3.8, 4) is 0 Å². The van der Waals surface area contributed by atoms with E-state index in [0.717, 1.165) is 36.2 Å². The van der Waals surface area contributed by atoms with Crippen LogP contribution in [0.4, 0.5) is 5.69 Å². The molecule has 0 aliphatic rings. The van der Waals surface area contributed by atoms with Crippen molar-refractivity contribution in [1.29, 1.82) is 0 Å². The van der Waals surface area contributed by atoms with E-state index in [1.807, 2.05) is 54.6 Å². The van der Waals surface area contributed by atoms with Crippen LogP contribution in [0.25, 0.3) is 0 Å². The number of anilines is 1. The van der Waals surface area contributed by atoms with E-state index in [0.29, 0.717) is 0 Å². The fraction of sp³-hybridized carbons (Fsp3) is 0.278. The van der Waals surface area contributed by atoms with Crippen LogP contribution >= 0.6 is 0 Å². The van der Waals surface area contributed by atoms with Crippen molar-refractivity contribution >= 4 is 11.6 Å². The molecule has 0 fully saturated rings. The first-order valence-corrected chi connectivity index (χ1v) is 7.59. The summed E-state index contributed by atoms with van der Waals surface area (Å²) in [6.07, 6.45) is 2.28. The summed E-state index contributed by atoms with van der Waals surface area (Å²) in [4.78, 5) is 12.0. The van der Waals surface area contributed by atoms with E-state index in [4.69, 9.17) is 5.21 Å². The third-order valence-electron chi connectivity index (χ3n) is 3.61. The molecule has 4 heteroatoms. The van der Waals surface area contributed by atoms with Gasteiger partial charge in [0.2, 0.25) is 0 Å². The minimum atomic E-state index is -0.518. The monoisotopic (exact) mass is 298 g/mol. The summed E-state index contributed by atoms with van der Waals surface area (Å²) in [5, 5.41) is 12.4. The van der Waals surface area contributed by atoms with E-state index >= 15 is 0 Å². The van der Waals surface area contributed by atoms with Crippen LogP contribution in [0.5, 0.6) is 0 Å². The average Bonchev–Trinajstić information content (AvgIpc) is 2.57. The molecule has 0 radical (unpaired) electrons. The van der Waals surface area contributed by atoms with Crippen molar-refractivity contribution in [3.05, 3.63) is 65.7 Å². The zero-order chi connectivity index (χ0) is 15.8. The molecular weight excluding hydrogens is 276 g/mol. The highest BCUT2D eigenvalue weighted by Crippen LogP contribution is 2.26. The van der Waals surface area contributed by atoms with Gasteiger partial charge in [0.05, 0.1) is 5.92 Å². The number of carbonyl (C=O) groups excluding carboxylic acids is 1.